The molecular formula is C23H22Cl2N2O4. The Morgan fingerprint density at radius 3 is 2.48 bits per heavy atom. The first-order chi connectivity index (χ1) is 14.7. The Bertz CT molecular complexity index is 1070. The number of ketones is 2. The molecule has 0 spiro atoms. The number of amides is 2. The van der Waals surface area contributed by atoms with Crippen LogP contribution in [-0.4, -0.2) is 34.3 Å². The van der Waals surface area contributed by atoms with Gasteiger partial charge in [-0.2, -0.15) is 0 Å². The molecule has 1 N–H and O–H groups in total. The van der Waals surface area contributed by atoms with Gasteiger partial charge in [-0.05, 0) is 55.7 Å². The summed E-state index contributed by atoms with van der Waals surface area (Å²) in [4.78, 5) is 50.5. The molecule has 2 aromatic rings. The molecule has 2 aromatic carbocycles. The maximum absolute atomic E-state index is 12.9. The van der Waals surface area contributed by atoms with Crippen molar-refractivity contribution in [3.05, 3.63) is 68.7 Å². The van der Waals surface area contributed by atoms with Crippen LogP contribution in [0.1, 0.15) is 58.5 Å². The van der Waals surface area contributed by atoms with E-state index < -0.39 is 6.04 Å². The summed E-state index contributed by atoms with van der Waals surface area (Å²) in [6, 6.07) is 9.27. The van der Waals surface area contributed by atoms with Gasteiger partial charge < -0.3 is 15.0 Å². The minimum atomic E-state index is -0.651. The van der Waals surface area contributed by atoms with Crippen molar-refractivity contribution < 1.29 is 19.2 Å². The van der Waals surface area contributed by atoms with Crippen LogP contribution in [0.3, 0.4) is 0 Å². The van der Waals surface area contributed by atoms with Gasteiger partial charge in [0.05, 0.1) is 16.1 Å². The topological polar surface area (TPSA) is 83.6 Å². The monoisotopic (exact) mass is 460 g/mol. The number of hydrogen-bond acceptors (Lipinski definition) is 4. The van der Waals surface area contributed by atoms with Crippen LogP contribution in [0.4, 0.5) is 0 Å². The second-order valence-corrected chi connectivity index (χ2v) is 8.37. The molecule has 0 bridgehead atoms. The summed E-state index contributed by atoms with van der Waals surface area (Å²) >= 11 is 11.9. The SMILES string of the molecule is CC(=O)CCC(C(C)=O)N1Cc2c(CNC(=O)c3ccc(Cl)c(Cl)c3)cccc2C1=O. The fourth-order valence-electron chi connectivity index (χ4n) is 3.67. The minimum Gasteiger partial charge on any atom is -0.348 e. The number of hydrogen-bond donors (Lipinski definition) is 1. The molecule has 0 saturated carbocycles. The highest BCUT2D eigenvalue weighted by atomic mass is 35.5. The van der Waals surface area contributed by atoms with Crippen LogP contribution in [0.25, 0.3) is 0 Å². The molecule has 0 radical (unpaired) electrons. The quantitative estimate of drug-likeness (QED) is 0.639. The molecule has 0 aliphatic carbocycles. The molecule has 1 aliphatic rings. The van der Waals surface area contributed by atoms with Gasteiger partial charge in [-0.1, -0.05) is 35.3 Å². The lowest BCUT2D eigenvalue weighted by Crippen LogP contribution is -2.40. The predicted octanol–water partition coefficient (Wildman–Crippen LogP) is 4.21. The van der Waals surface area contributed by atoms with Gasteiger partial charge >= 0.3 is 0 Å². The van der Waals surface area contributed by atoms with Crippen LogP contribution >= 0.6 is 23.2 Å². The van der Waals surface area contributed by atoms with E-state index in [1.54, 1.807) is 24.3 Å². The van der Waals surface area contributed by atoms with E-state index >= 15 is 0 Å². The van der Waals surface area contributed by atoms with Gasteiger partial charge in [0.25, 0.3) is 11.8 Å². The van der Waals surface area contributed by atoms with Crippen LogP contribution in [-0.2, 0) is 22.7 Å². The number of nitrogens with zero attached hydrogens (tertiary/aromatic N) is 1. The maximum Gasteiger partial charge on any atom is 0.255 e. The second-order valence-electron chi connectivity index (χ2n) is 7.56. The van der Waals surface area contributed by atoms with Crippen molar-refractivity contribution in [3.8, 4) is 0 Å². The zero-order valence-electron chi connectivity index (χ0n) is 17.2. The van der Waals surface area contributed by atoms with E-state index in [1.807, 2.05) is 6.07 Å². The highest BCUT2D eigenvalue weighted by molar-refractivity contribution is 6.42. The van der Waals surface area contributed by atoms with Gasteiger partial charge in [-0.3, -0.25) is 14.4 Å². The van der Waals surface area contributed by atoms with E-state index in [0.29, 0.717) is 22.6 Å². The van der Waals surface area contributed by atoms with Crippen LogP contribution in [0.15, 0.2) is 36.4 Å². The Morgan fingerprint density at radius 1 is 1.10 bits per heavy atom. The molecule has 0 fully saturated rings. The van der Waals surface area contributed by atoms with Crippen LogP contribution < -0.4 is 5.32 Å². The second kappa shape index (κ2) is 9.62. The normalized spacial score (nSPS) is 13.7. The van der Waals surface area contributed by atoms with Crippen LogP contribution in [0, 0.1) is 0 Å². The van der Waals surface area contributed by atoms with Crippen molar-refractivity contribution in [1.29, 1.82) is 0 Å². The lowest BCUT2D eigenvalue weighted by molar-refractivity contribution is -0.122. The summed E-state index contributed by atoms with van der Waals surface area (Å²) in [6.07, 6.45) is 0.532. The zero-order valence-corrected chi connectivity index (χ0v) is 18.7. The Morgan fingerprint density at radius 2 is 1.84 bits per heavy atom. The fourth-order valence-corrected chi connectivity index (χ4v) is 3.97. The first-order valence-electron chi connectivity index (χ1n) is 9.84. The summed E-state index contributed by atoms with van der Waals surface area (Å²) in [5.41, 5.74) is 2.45. The third-order valence-corrected chi connectivity index (χ3v) is 6.07. The highest BCUT2D eigenvalue weighted by Crippen LogP contribution is 2.29. The van der Waals surface area contributed by atoms with E-state index in [1.165, 1.54) is 24.8 Å². The van der Waals surface area contributed by atoms with Crippen LogP contribution in [0.2, 0.25) is 10.0 Å². The van der Waals surface area contributed by atoms with E-state index in [0.717, 1.165) is 11.1 Å². The van der Waals surface area contributed by atoms with Gasteiger partial charge in [-0.25, -0.2) is 0 Å². The van der Waals surface area contributed by atoms with Gasteiger partial charge in [0, 0.05) is 30.6 Å². The molecule has 162 valence electrons. The largest absolute Gasteiger partial charge is 0.348 e. The van der Waals surface area contributed by atoms with Gasteiger partial charge in [0.2, 0.25) is 0 Å². The molecule has 1 unspecified atom stereocenters. The fraction of sp³-hybridized carbons (Fsp3) is 0.304. The first kappa shape index (κ1) is 23.0. The molecule has 2 amide bonds. The van der Waals surface area contributed by atoms with Crippen molar-refractivity contribution >= 4 is 46.6 Å². The van der Waals surface area contributed by atoms with Crippen molar-refractivity contribution in [2.45, 2.75) is 45.8 Å². The first-order valence-corrected chi connectivity index (χ1v) is 10.6. The molecule has 1 atom stereocenters. The summed E-state index contributed by atoms with van der Waals surface area (Å²) in [7, 11) is 0. The third kappa shape index (κ3) is 5.14. The molecular weight excluding hydrogens is 439 g/mol. The molecule has 6 nitrogen and oxygen atoms in total. The molecule has 0 saturated heterocycles. The number of rotatable bonds is 8. The van der Waals surface area contributed by atoms with Crippen molar-refractivity contribution in [2.75, 3.05) is 0 Å². The van der Waals surface area contributed by atoms with E-state index in [9.17, 15) is 19.2 Å². The lowest BCUT2D eigenvalue weighted by atomic mass is 10.0. The molecule has 31 heavy (non-hydrogen) atoms. The van der Waals surface area contributed by atoms with E-state index in [-0.39, 0.29) is 47.9 Å². The van der Waals surface area contributed by atoms with Gasteiger partial charge in [-0.15, -0.1) is 0 Å². The maximum atomic E-state index is 12.9. The number of carbonyl (C=O) groups is 4. The molecule has 3 rings (SSSR count). The zero-order chi connectivity index (χ0) is 22.7. The molecule has 1 heterocycles. The summed E-state index contributed by atoms with van der Waals surface area (Å²) in [5, 5.41) is 3.48. The Labute approximate surface area is 190 Å². The smallest absolute Gasteiger partial charge is 0.255 e. The standard InChI is InChI=1S/C23H22Cl2N2O4/c1-13(28)6-9-21(14(2)29)27-12-18-16(4-3-5-17(18)23(27)31)11-26-22(30)15-7-8-19(24)20(25)10-15/h3-5,7-8,10,21H,6,9,11-12H2,1-2H3,(H,26,30). The average molecular weight is 461 g/mol. The Balaban J connectivity index is 1.76. The number of fused-ring (bicyclic) bond motifs is 1. The van der Waals surface area contributed by atoms with Gasteiger partial charge in [0.1, 0.15) is 5.78 Å². The lowest BCUT2D eigenvalue weighted by Gasteiger charge is -2.25. The summed E-state index contributed by atoms with van der Waals surface area (Å²) < 4.78 is 0. The molecule has 8 heteroatoms. The summed E-state index contributed by atoms with van der Waals surface area (Å²) in [5.74, 6) is -0.741. The summed E-state index contributed by atoms with van der Waals surface area (Å²) in [6.45, 7) is 3.36. The average Bonchev–Trinajstić information content (AvgIpc) is 3.05. The highest BCUT2D eigenvalue weighted by Gasteiger charge is 2.35. The minimum absolute atomic E-state index is 0.0267. The number of benzene rings is 2. The molecule has 0 aromatic heterocycles. The van der Waals surface area contributed by atoms with E-state index in [4.69, 9.17) is 23.2 Å². The number of nitrogens with one attached hydrogen (secondary N) is 1. The number of carbonyl (C=O) groups excluding carboxylic acids is 4. The molecule has 1 aliphatic heterocycles. The Kier molecular flexibility index (Phi) is 7.13. The van der Waals surface area contributed by atoms with Crippen molar-refractivity contribution in [1.82, 2.24) is 10.2 Å². The van der Waals surface area contributed by atoms with Crippen LogP contribution in [0.5, 0.6) is 0 Å². The number of Topliss-reactive ketones (excluding diaryl/α,β-unsaturated/α-hetero) is 2. The van der Waals surface area contributed by atoms with Crippen molar-refractivity contribution in [2.24, 2.45) is 0 Å². The van der Waals surface area contributed by atoms with Gasteiger partial charge in [0.15, 0.2) is 5.78 Å². The van der Waals surface area contributed by atoms with E-state index in [2.05, 4.69) is 5.32 Å². The van der Waals surface area contributed by atoms with Crippen molar-refractivity contribution in [3.63, 3.8) is 0 Å². The Hall–Kier alpha value is -2.70. The third-order valence-electron chi connectivity index (χ3n) is 5.33. The number of halogens is 2. The predicted molar refractivity (Wildman–Crippen MR) is 118 cm³/mol.